The number of rotatable bonds is 12. The predicted octanol–water partition coefficient (Wildman–Crippen LogP) is 4.92. The van der Waals surface area contributed by atoms with Crippen LogP contribution in [0.15, 0.2) is 18.2 Å². The van der Waals surface area contributed by atoms with Crippen LogP contribution in [0.25, 0.3) is 0 Å². The molecule has 0 aliphatic heterocycles. The molecule has 0 amide bonds. The lowest BCUT2D eigenvalue weighted by atomic mass is 10.1. The molecule has 0 bridgehead atoms. The minimum absolute atomic E-state index is 0.269. The van der Waals surface area contributed by atoms with Crippen LogP contribution >= 0.6 is 0 Å². The molecule has 3 heteroatoms. The fourth-order valence-corrected chi connectivity index (χ4v) is 3.36. The Labute approximate surface area is 147 Å². The third-order valence-corrected chi connectivity index (χ3v) is 4.92. The van der Waals surface area contributed by atoms with Crippen molar-refractivity contribution in [2.75, 3.05) is 13.2 Å². The highest BCUT2D eigenvalue weighted by molar-refractivity contribution is 6.00. The summed E-state index contributed by atoms with van der Waals surface area (Å²) in [6.45, 7) is 6.26. The van der Waals surface area contributed by atoms with Gasteiger partial charge in [0.15, 0.2) is 5.78 Å². The highest BCUT2D eigenvalue weighted by Gasteiger charge is 2.19. The first-order valence-electron chi connectivity index (χ1n) is 9.77. The average Bonchev–Trinajstić information content (AvgIpc) is 2.97. The molecular weight excluding hydrogens is 298 g/mol. The average molecular weight is 332 g/mol. The summed E-state index contributed by atoms with van der Waals surface area (Å²) in [5.41, 5.74) is 2.03. The molecule has 3 nitrogen and oxygen atoms in total. The number of hydrogen-bond donors (Lipinski definition) is 1. The molecule has 1 N–H and O–H groups in total. The number of carbonyl (C=O) groups excluding carboxylic acids is 1. The molecule has 134 valence electrons. The van der Waals surface area contributed by atoms with E-state index in [1.807, 2.05) is 18.2 Å². The van der Waals surface area contributed by atoms with Gasteiger partial charge in [-0.15, -0.1) is 0 Å². The molecule has 2 rings (SSSR count). The van der Waals surface area contributed by atoms with E-state index in [-0.39, 0.29) is 5.78 Å². The first kappa shape index (κ1) is 19.0. The van der Waals surface area contributed by atoms with Gasteiger partial charge in [0.25, 0.3) is 0 Å². The zero-order valence-corrected chi connectivity index (χ0v) is 15.4. The van der Waals surface area contributed by atoms with Crippen molar-refractivity contribution in [3.8, 4) is 5.75 Å². The van der Waals surface area contributed by atoms with Gasteiger partial charge in [0.05, 0.1) is 6.61 Å². The summed E-state index contributed by atoms with van der Waals surface area (Å²) in [7, 11) is 0. The molecule has 0 fully saturated rings. The maximum atomic E-state index is 11.6. The van der Waals surface area contributed by atoms with Gasteiger partial charge in [0, 0.05) is 18.0 Å². The molecule has 1 atom stereocenters. The SMILES string of the molecule is CCCCCCC(CC)NCCCOc1ccc2c(c1)CCC2=O. The maximum Gasteiger partial charge on any atom is 0.163 e. The molecule has 1 aromatic rings. The van der Waals surface area contributed by atoms with Gasteiger partial charge >= 0.3 is 0 Å². The van der Waals surface area contributed by atoms with Crippen molar-refractivity contribution in [2.45, 2.75) is 77.7 Å². The summed E-state index contributed by atoms with van der Waals surface area (Å²) in [6, 6.07) is 6.53. The molecule has 0 spiro atoms. The Morgan fingerprint density at radius 2 is 2.00 bits per heavy atom. The van der Waals surface area contributed by atoms with Crippen molar-refractivity contribution in [3.63, 3.8) is 0 Å². The van der Waals surface area contributed by atoms with Gasteiger partial charge in [-0.1, -0.05) is 39.5 Å². The Kier molecular flexibility index (Phi) is 8.31. The van der Waals surface area contributed by atoms with Crippen LogP contribution in [-0.2, 0) is 6.42 Å². The van der Waals surface area contributed by atoms with Crippen LogP contribution in [0, 0.1) is 0 Å². The topological polar surface area (TPSA) is 38.3 Å². The second kappa shape index (κ2) is 10.5. The lowest BCUT2D eigenvalue weighted by Crippen LogP contribution is -2.30. The van der Waals surface area contributed by atoms with Crippen molar-refractivity contribution in [1.29, 1.82) is 0 Å². The molecule has 0 radical (unpaired) electrons. The smallest absolute Gasteiger partial charge is 0.163 e. The largest absolute Gasteiger partial charge is 0.494 e. The Morgan fingerprint density at radius 1 is 1.12 bits per heavy atom. The van der Waals surface area contributed by atoms with Crippen LogP contribution in [0.3, 0.4) is 0 Å². The number of benzene rings is 1. The summed E-state index contributed by atoms with van der Waals surface area (Å²) in [5, 5.41) is 3.66. The van der Waals surface area contributed by atoms with Crippen molar-refractivity contribution < 1.29 is 9.53 Å². The summed E-state index contributed by atoms with van der Waals surface area (Å²) in [5.74, 6) is 1.17. The monoisotopic (exact) mass is 331 g/mol. The van der Waals surface area contributed by atoms with Crippen LogP contribution in [0.2, 0.25) is 0 Å². The van der Waals surface area contributed by atoms with Gasteiger partial charge in [-0.25, -0.2) is 0 Å². The summed E-state index contributed by atoms with van der Waals surface area (Å²) < 4.78 is 5.84. The van der Waals surface area contributed by atoms with E-state index in [0.29, 0.717) is 12.5 Å². The number of unbranched alkanes of at least 4 members (excludes halogenated alkanes) is 3. The first-order valence-corrected chi connectivity index (χ1v) is 9.77. The summed E-state index contributed by atoms with van der Waals surface area (Å²) >= 11 is 0. The molecule has 1 unspecified atom stereocenters. The van der Waals surface area contributed by atoms with Crippen molar-refractivity contribution in [1.82, 2.24) is 5.32 Å². The molecule has 1 aromatic carbocycles. The van der Waals surface area contributed by atoms with Gasteiger partial charge in [-0.3, -0.25) is 4.79 Å². The number of hydrogen-bond acceptors (Lipinski definition) is 3. The van der Waals surface area contributed by atoms with Crippen LogP contribution in [-0.4, -0.2) is 25.0 Å². The van der Waals surface area contributed by atoms with Crippen LogP contribution < -0.4 is 10.1 Å². The van der Waals surface area contributed by atoms with Crippen molar-refractivity contribution in [3.05, 3.63) is 29.3 Å². The molecule has 1 aliphatic carbocycles. The molecule has 1 aliphatic rings. The number of aryl methyl sites for hydroxylation is 1. The van der Waals surface area contributed by atoms with E-state index in [9.17, 15) is 4.79 Å². The van der Waals surface area contributed by atoms with E-state index in [4.69, 9.17) is 4.74 Å². The molecule has 0 saturated carbocycles. The molecule has 0 aromatic heterocycles. The highest BCUT2D eigenvalue weighted by atomic mass is 16.5. The second-order valence-electron chi connectivity index (χ2n) is 6.85. The van der Waals surface area contributed by atoms with Gasteiger partial charge in [0.2, 0.25) is 0 Å². The van der Waals surface area contributed by atoms with Crippen LogP contribution in [0.5, 0.6) is 5.75 Å². The summed E-state index contributed by atoms with van der Waals surface area (Å²) in [6.07, 6.45) is 10.4. The quantitative estimate of drug-likeness (QED) is 0.552. The Morgan fingerprint density at radius 3 is 2.79 bits per heavy atom. The molecule has 0 heterocycles. The van der Waals surface area contributed by atoms with Gasteiger partial charge in [0.1, 0.15) is 5.75 Å². The van der Waals surface area contributed by atoms with Crippen LogP contribution in [0.1, 0.15) is 81.1 Å². The molecule has 0 saturated heterocycles. The van der Waals surface area contributed by atoms with E-state index in [1.165, 1.54) is 38.5 Å². The Balaban J connectivity index is 1.60. The third-order valence-electron chi connectivity index (χ3n) is 4.92. The van der Waals surface area contributed by atoms with E-state index in [2.05, 4.69) is 19.2 Å². The summed E-state index contributed by atoms with van der Waals surface area (Å²) in [4.78, 5) is 11.6. The van der Waals surface area contributed by atoms with Gasteiger partial charge in [-0.05, 0) is 56.0 Å². The van der Waals surface area contributed by atoms with Crippen molar-refractivity contribution >= 4 is 5.78 Å². The lowest BCUT2D eigenvalue weighted by Gasteiger charge is -2.17. The normalized spacial score (nSPS) is 14.7. The minimum Gasteiger partial charge on any atom is -0.494 e. The van der Waals surface area contributed by atoms with E-state index in [1.54, 1.807) is 0 Å². The number of carbonyl (C=O) groups is 1. The first-order chi connectivity index (χ1) is 11.7. The van der Waals surface area contributed by atoms with Crippen molar-refractivity contribution in [2.24, 2.45) is 0 Å². The van der Waals surface area contributed by atoms with E-state index in [0.717, 1.165) is 42.9 Å². The Bertz CT molecular complexity index is 513. The minimum atomic E-state index is 0.269. The van der Waals surface area contributed by atoms with Gasteiger partial charge < -0.3 is 10.1 Å². The number of Topliss-reactive ketones (excluding diaryl/α,β-unsaturated/α-hetero) is 1. The third kappa shape index (κ3) is 5.94. The maximum absolute atomic E-state index is 11.6. The molecule has 24 heavy (non-hydrogen) atoms. The zero-order chi connectivity index (χ0) is 17.2. The van der Waals surface area contributed by atoms with Crippen LogP contribution in [0.4, 0.5) is 0 Å². The van der Waals surface area contributed by atoms with E-state index < -0.39 is 0 Å². The number of fused-ring (bicyclic) bond motifs is 1. The highest BCUT2D eigenvalue weighted by Crippen LogP contribution is 2.26. The standard InChI is InChI=1S/C21H33NO2/c1-3-5-6-7-9-18(4-2)22-14-8-15-24-19-11-12-20-17(16-19)10-13-21(20)23/h11-12,16,18,22H,3-10,13-15H2,1-2H3. The fraction of sp³-hybridized carbons (Fsp3) is 0.667. The number of nitrogens with one attached hydrogen (secondary N) is 1. The molecular formula is C21H33NO2. The number of ether oxygens (including phenoxy) is 1. The Hall–Kier alpha value is -1.35. The number of ketones is 1. The lowest BCUT2D eigenvalue weighted by molar-refractivity contribution is 0.0994. The zero-order valence-electron chi connectivity index (χ0n) is 15.4. The predicted molar refractivity (Wildman–Crippen MR) is 100 cm³/mol. The fourth-order valence-electron chi connectivity index (χ4n) is 3.36. The van der Waals surface area contributed by atoms with E-state index >= 15 is 0 Å². The van der Waals surface area contributed by atoms with Gasteiger partial charge in [-0.2, -0.15) is 0 Å². The second-order valence-corrected chi connectivity index (χ2v) is 6.85.